The molecule has 23 heavy (non-hydrogen) atoms. The normalized spacial score (nSPS) is 17.2. The van der Waals surface area contributed by atoms with E-state index in [-0.39, 0.29) is 0 Å². The molecule has 1 aromatic carbocycles. The summed E-state index contributed by atoms with van der Waals surface area (Å²) in [6.45, 7) is 10.4. The SMILES string of the molecule is CCO/C(=N/OCCN(CC)CC)C1COc2ccccc2O1. The second kappa shape index (κ2) is 9.25. The summed E-state index contributed by atoms with van der Waals surface area (Å²) in [5.41, 5.74) is 0. The van der Waals surface area contributed by atoms with Crippen LogP contribution in [0.1, 0.15) is 20.8 Å². The fourth-order valence-electron chi connectivity index (χ4n) is 2.29. The van der Waals surface area contributed by atoms with Crippen molar-refractivity contribution in [3.05, 3.63) is 24.3 Å². The Kier molecular flexibility index (Phi) is 7.00. The van der Waals surface area contributed by atoms with E-state index in [1.54, 1.807) is 0 Å². The molecule has 0 saturated carbocycles. The van der Waals surface area contributed by atoms with E-state index in [4.69, 9.17) is 19.0 Å². The molecule has 6 nitrogen and oxygen atoms in total. The molecule has 128 valence electrons. The van der Waals surface area contributed by atoms with Gasteiger partial charge in [-0.05, 0) is 37.3 Å². The molecule has 1 heterocycles. The minimum Gasteiger partial charge on any atom is -0.485 e. The number of para-hydroxylation sites is 2. The van der Waals surface area contributed by atoms with Gasteiger partial charge in [-0.2, -0.15) is 0 Å². The second-order valence-electron chi connectivity index (χ2n) is 5.09. The minimum atomic E-state index is -0.390. The summed E-state index contributed by atoms with van der Waals surface area (Å²) in [4.78, 5) is 7.68. The van der Waals surface area contributed by atoms with Gasteiger partial charge in [0.25, 0.3) is 5.90 Å². The van der Waals surface area contributed by atoms with Crippen molar-refractivity contribution >= 4 is 5.90 Å². The Morgan fingerprint density at radius 2 is 1.96 bits per heavy atom. The number of oxime groups is 1. The van der Waals surface area contributed by atoms with E-state index in [0.29, 0.717) is 31.5 Å². The van der Waals surface area contributed by atoms with E-state index in [1.807, 2.05) is 31.2 Å². The zero-order valence-corrected chi connectivity index (χ0v) is 14.2. The van der Waals surface area contributed by atoms with Crippen molar-refractivity contribution in [1.29, 1.82) is 0 Å². The van der Waals surface area contributed by atoms with Crippen molar-refractivity contribution in [2.45, 2.75) is 26.9 Å². The third-order valence-corrected chi connectivity index (χ3v) is 3.62. The molecule has 1 aliphatic heterocycles. The lowest BCUT2D eigenvalue weighted by molar-refractivity contribution is 0.0807. The number of fused-ring (bicyclic) bond motifs is 1. The van der Waals surface area contributed by atoms with E-state index >= 15 is 0 Å². The number of likely N-dealkylation sites (N-methyl/N-ethyl adjacent to an activating group) is 1. The molecule has 1 aliphatic rings. The van der Waals surface area contributed by atoms with Gasteiger partial charge < -0.3 is 23.9 Å². The highest BCUT2D eigenvalue weighted by Gasteiger charge is 2.27. The molecule has 0 spiro atoms. The number of rotatable bonds is 8. The zero-order valence-electron chi connectivity index (χ0n) is 14.2. The van der Waals surface area contributed by atoms with E-state index in [9.17, 15) is 0 Å². The van der Waals surface area contributed by atoms with Gasteiger partial charge in [0.1, 0.15) is 13.2 Å². The highest BCUT2D eigenvalue weighted by Crippen LogP contribution is 2.31. The van der Waals surface area contributed by atoms with Crippen LogP contribution in [0.15, 0.2) is 29.4 Å². The summed E-state index contributed by atoms with van der Waals surface area (Å²) >= 11 is 0. The van der Waals surface area contributed by atoms with Crippen LogP contribution in [0.3, 0.4) is 0 Å². The molecule has 1 aromatic rings. The highest BCUT2D eigenvalue weighted by molar-refractivity contribution is 5.81. The zero-order chi connectivity index (χ0) is 16.5. The molecule has 0 N–H and O–H groups in total. The predicted octanol–water partition coefficient (Wildman–Crippen LogP) is 2.53. The van der Waals surface area contributed by atoms with Crippen molar-refractivity contribution in [2.75, 3.05) is 39.5 Å². The summed E-state index contributed by atoms with van der Waals surface area (Å²) < 4.78 is 17.2. The fraction of sp³-hybridized carbons (Fsp3) is 0.588. The summed E-state index contributed by atoms with van der Waals surface area (Å²) in [5.74, 6) is 1.85. The van der Waals surface area contributed by atoms with Crippen molar-refractivity contribution in [2.24, 2.45) is 5.16 Å². The second-order valence-corrected chi connectivity index (χ2v) is 5.09. The quantitative estimate of drug-likeness (QED) is 0.319. The van der Waals surface area contributed by atoms with E-state index in [1.165, 1.54) is 0 Å². The van der Waals surface area contributed by atoms with Gasteiger partial charge >= 0.3 is 0 Å². The lowest BCUT2D eigenvalue weighted by Gasteiger charge is -2.26. The van der Waals surface area contributed by atoms with Gasteiger partial charge in [-0.15, -0.1) is 0 Å². The number of hydrogen-bond donors (Lipinski definition) is 0. The van der Waals surface area contributed by atoms with Crippen LogP contribution in [-0.2, 0) is 9.57 Å². The first kappa shape index (κ1) is 17.4. The van der Waals surface area contributed by atoms with Crippen LogP contribution in [0.2, 0.25) is 0 Å². The average molecular weight is 322 g/mol. The number of benzene rings is 1. The lowest BCUT2D eigenvalue weighted by Crippen LogP contribution is -2.38. The van der Waals surface area contributed by atoms with E-state index in [2.05, 4.69) is 23.9 Å². The Morgan fingerprint density at radius 3 is 2.65 bits per heavy atom. The van der Waals surface area contributed by atoms with Crippen LogP contribution >= 0.6 is 0 Å². The monoisotopic (exact) mass is 322 g/mol. The first-order chi connectivity index (χ1) is 11.3. The molecule has 0 radical (unpaired) electrons. The van der Waals surface area contributed by atoms with Crippen molar-refractivity contribution in [3.8, 4) is 11.5 Å². The van der Waals surface area contributed by atoms with Crippen LogP contribution < -0.4 is 9.47 Å². The smallest absolute Gasteiger partial charge is 0.270 e. The molecule has 0 fully saturated rings. The maximum Gasteiger partial charge on any atom is 0.270 e. The molecular weight excluding hydrogens is 296 g/mol. The number of ether oxygens (including phenoxy) is 3. The van der Waals surface area contributed by atoms with Crippen LogP contribution in [0.5, 0.6) is 11.5 Å². The maximum atomic E-state index is 5.90. The third kappa shape index (κ3) is 5.03. The number of hydrogen-bond acceptors (Lipinski definition) is 6. The Balaban J connectivity index is 1.92. The van der Waals surface area contributed by atoms with E-state index in [0.717, 1.165) is 25.4 Å². The van der Waals surface area contributed by atoms with Crippen LogP contribution in [0.25, 0.3) is 0 Å². The fourth-order valence-corrected chi connectivity index (χ4v) is 2.29. The molecule has 0 aliphatic carbocycles. The summed E-state index contributed by atoms with van der Waals surface area (Å²) in [5, 5.41) is 4.11. The Morgan fingerprint density at radius 1 is 1.22 bits per heavy atom. The molecule has 1 atom stereocenters. The molecule has 0 bridgehead atoms. The minimum absolute atomic E-state index is 0.356. The highest BCUT2D eigenvalue weighted by atomic mass is 16.7. The molecule has 0 amide bonds. The van der Waals surface area contributed by atoms with Crippen LogP contribution in [0.4, 0.5) is 0 Å². The van der Waals surface area contributed by atoms with Gasteiger partial charge in [0.05, 0.1) is 6.61 Å². The first-order valence-corrected chi connectivity index (χ1v) is 8.21. The molecule has 0 aromatic heterocycles. The van der Waals surface area contributed by atoms with Crippen LogP contribution in [0, 0.1) is 0 Å². The molecular formula is C17H26N2O4. The lowest BCUT2D eigenvalue weighted by atomic mass is 10.2. The largest absolute Gasteiger partial charge is 0.485 e. The molecule has 6 heteroatoms. The van der Waals surface area contributed by atoms with Gasteiger partial charge in [-0.1, -0.05) is 26.0 Å². The van der Waals surface area contributed by atoms with Gasteiger partial charge in [0.15, 0.2) is 11.5 Å². The van der Waals surface area contributed by atoms with Gasteiger partial charge in [-0.3, -0.25) is 0 Å². The van der Waals surface area contributed by atoms with Crippen molar-refractivity contribution in [3.63, 3.8) is 0 Å². The third-order valence-electron chi connectivity index (χ3n) is 3.62. The average Bonchev–Trinajstić information content (AvgIpc) is 2.60. The Labute approximate surface area is 138 Å². The van der Waals surface area contributed by atoms with Crippen LogP contribution in [-0.4, -0.2) is 56.4 Å². The predicted molar refractivity (Wildman–Crippen MR) is 89.2 cm³/mol. The summed E-state index contributed by atoms with van der Waals surface area (Å²) in [7, 11) is 0. The van der Waals surface area contributed by atoms with Crippen molar-refractivity contribution in [1.82, 2.24) is 4.90 Å². The molecule has 2 rings (SSSR count). The molecule has 1 unspecified atom stereocenters. The standard InChI is InChI=1S/C17H26N2O4/c1-4-19(5-2)11-12-22-18-17(20-6-3)16-13-21-14-9-7-8-10-15(14)23-16/h7-10,16H,4-6,11-13H2,1-3H3/b18-17+. The Bertz CT molecular complexity index is 503. The topological polar surface area (TPSA) is 52.5 Å². The van der Waals surface area contributed by atoms with Crippen molar-refractivity contribution < 1.29 is 19.0 Å². The van der Waals surface area contributed by atoms with E-state index < -0.39 is 6.10 Å². The molecule has 0 saturated heterocycles. The maximum absolute atomic E-state index is 5.90. The van der Waals surface area contributed by atoms with Gasteiger partial charge in [0.2, 0.25) is 6.10 Å². The van der Waals surface area contributed by atoms with Gasteiger partial charge in [-0.25, -0.2) is 0 Å². The number of nitrogens with zero attached hydrogens (tertiary/aromatic N) is 2. The summed E-state index contributed by atoms with van der Waals surface area (Å²) in [6.07, 6.45) is -0.390. The van der Waals surface area contributed by atoms with Gasteiger partial charge in [0, 0.05) is 6.54 Å². The Hall–Kier alpha value is -1.95. The summed E-state index contributed by atoms with van der Waals surface area (Å²) in [6, 6.07) is 7.56. The first-order valence-electron chi connectivity index (χ1n) is 8.21.